The average Bonchev–Trinajstić information content (AvgIpc) is 2.63. The number of hydrogen-bond acceptors (Lipinski definition) is 2. The molecule has 0 amide bonds. The van der Waals surface area contributed by atoms with Gasteiger partial charge < -0.3 is 4.52 Å². The largest absolute Gasteiger partial charge is 0.303 e. The molecule has 1 heterocycles. The molecule has 24 heavy (non-hydrogen) atoms. The lowest BCUT2D eigenvalue weighted by molar-refractivity contribution is 0.0966. The molecule has 3 rings (SSSR count). The van der Waals surface area contributed by atoms with E-state index >= 15 is 0 Å². The third kappa shape index (κ3) is 3.64. The van der Waals surface area contributed by atoms with Crippen molar-refractivity contribution < 1.29 is 9.09 Å². The molecule has 2 aromatic rings. The van der Waals surface area contributed by atoms with Crippen LogP contribution in [0.25, 0.3) is 0 Å². The van der Waals surface area contributed by atoms with Gasteiger partial charge in [0.2, 0.25) is 0 Å². The maximum absolute atomic E-state index is 14.1. The quantitative estimate of drug-likeness (QED) is 0.720. The molecule has 1 atom stereocenters. The maximum atomic E-state index is 14.1. The summed E-state index contributed by atoms with van der Waals surface area (Å²) in [7, 11) is -3.10. The molecule has 0 saturated carbocycles. The summed E-state index contributed by atoms with van der Waals surface area (Å²) in [5, 5.41) is 0.788. The first-order valence-corrected chi connectivity index (χ1v) is 10.3. The molecule has 0 bridgehead atoms. The van der Waals surface area contributed by atoms with Gasteiger partial charge in [-0.05, 0) is 44.4 Å². The molecule has 4 heteroatoms. The van der Waals surface area contributed by atoms with Crippen molar-refractivity contribution in [2.24, 2.45) is 0 Å². The summed E-state index contributed by atoms with van der Waals surface area (Å²) in [5.41, 5.74) is 0.419. The van der Waals surface area contributed by atoms with E-state index in [4.69, 9.17) is 4.52 Å². The van der Waals surface area contributed by atoms with Crippen LogP contribution in [0.4, 0.5) is 0 Å². The third-order valence-corrected chi connectivity index (χ3v) is 7.41. The minimum atomic E-state index is -3.10. The number of hydrogen-bond donors (Lipinski definition) is 0. The summed E-state index contributed by atoms with van der Waals surface area (Å²) in [5.74, 6) is 0. The minimum Gasteiger partial charge on any atom is -0.303 e. The first-order valence-electron chi connectivity index (χ1n) is 8.70. The minimum absolute atomic E-state index is 0.621. The fourth-order valence-corrected chi connectivity index (χ4v) is 5.86. The van der Waals surface area contributed by atoms with E-state index in [0.717, 1.165) is 36.8 Å². The normalized spacial score (nSPS) is 18.9. The SMILES string of the molecule is CC(C)(OP(=O)(c1ccccc1)N1CCCCC1)c1ccccc1. The zero-order chi connectivity index (χ0) is 17.0. The molecule has 0 N–H and O–H groups in total. The molecule has 0 radical (unpaired) electrons. The molecule has 0 aromatic heterocycles. The Morgan fingerprint density at radius 2 is 1.42 bits per heavy atom. The predicted octanol–water partition coefficient (Wildman–Crippen LogP) is 4.94. The van der Waals surface area contributed by atoms with Crippen LogP contribution in [0.3, 0.4) is 0 Å². The third-order valence-electron chi connectivity index (χ3n) is 4.61. The first kappa shape index (κ1) is 17.4. The van der Waals surface area contributed by atoms with Crippen LogP contribution in [0.2, 0.25) is 0 Å². The second-order valence-electron chi connectivity index (χ2n) is 6.84. The molecule has 1 saturated heterocycles. The molecule has 1 fully saturated rings. The van der Waals surface area contributed by atoms with Gasteiger partial charge in [-0.25, -0.2) is 4.67 Å². The zero-order valence-electron chi connectivity index (χ0n) is 14.5. The van der Waals surface area contributed by atoms with Gasteiger partial charge in [0.1, 0.15) is 0 Å². The van der Waals surface area contributed by atoms with Crippen LogP contribution >= 0.6 is 7.52 Å². The van der Waals surface area contributed by atoms with Gasteiger partial charge >= 0.3 is 7.52 Å². The van der Waals surface area contributed by atoms with Gasteiger partial charge in [-0.15, -0.1) is 0 Å². The van der Waals surface area contributed by atoms with Crippen LogP contribution in [-0.2, 0) is 14.7 Å². The van der Waals surface area contributed by atoms with E-state index in [2.05, 4.69) is 4.67 Å². The molecule has 128 valence electrons. The summed E-state index contributed by atoms with van der Waals surface area (Å²) < 4.78 is 22.5. The van der Waals surface area contributed by atoms with Crippen LogP contribution in [0.5, 0.6) is 0 Å². The van der Waals surface area contributed by atoms with Crippen molar-refractivity contribution in [3.63, 3.8) is 0 Å². The van der Waals surface area contributed by atoms with Crippen molar-refractivity contribution in [2.75, 3.05) is 13.1 Å². The molecule has 3 nitrogen and oxygen atoms in total. The van der Waals surface area contributed by atoms with Gasteiger partial charge in [-0.2, -0.15) is 0 Å². The van der Waals surface area contributed by atoms with Crippen molar-refractivity contribution in [2.45, 2.75) is 38.7 Å². The Bertz CT molecular complexity index is 694. The van der Waals surface area contributed by atoms with Gasteiger partial charge in [0.15, 0.2) is 0 Å². The van der Waals surface area contributed by atoms with Gasteiger partial charge in [-0.3, -0.25) is 4.57 Å². The van der Waals surface area contributed by atoms with E-state index in [1.807, 2.05) is 74.5 Å². The van der Waals surface area contributed by atoms with E-state index in [1.54, 1.807) is 0 Å². The lowest BCUT2D eigenvalue weighted by atomic mass is 9.99. The molecule has 1 unspecified atom stereocenters. The summed E-state index contributed by atoms with van der Waals surface area (Å²) in [6.07, 6.45) is 3.35. The topological polar surface area (TPSA) is 29.5 Å². The second-order valence-corrected chi connectivity index (χ2v) is 9.14. The highest BCUT2D eigenvalue weighted by molar-refractivity contribution is 7.64. The Morgan fingerprint density at radius 1 is 0.875 bits per heavy atom. The number of benzene rings is 2. The summed E-state index contributed by atoms with van der Waals surface area (Å²) in [4.78, 5) is 0. The second kappa shape index (κ2) is 7.23. The van der Waals surface area contributed by atoms with E-state index in [0.29, 0.717) is 0 Å². The van der Waals surface area contributed by atoms with E-state index in [-0.39, 0.29) is 0 Å². The standard InChI is InChI=1S/C20H26NO2P/c1-20(2,18-12-6-3-7-13-18)23-24(22,19-14-8-4-9-15-19)21-16-10-5-11-17-21/h3-4,6-9,12-15H,5,10-11,16-17H2,1-2H3. The Kier molecular flexibility index (Phi) is 5.24. The van der Waals surface area contributed by atoms with Gasteiger partial charge in [0.25, 0.3) is 0 Å². The van der Waals surface area contributed by atoms with E-state index in [9.17, 15) is 4.57 Å². The number of piperidine rings is 1. The van der Waals surface area contributed by atoms with Crippen LogP contribution in [-0.4, -0.2) is 17.8 Å². The maximum Gasteiger partial charge on any atom is 0.303 e. The highest BCUT2D eigenvalue weighted by Crippen LogP contribution is 2.55. The number of rotatable bonds is 5. The van der Waals surface area contributed by atoms with Crippen LogP contribution in [0.1, 0.15) is 38.7 Å². The summed E-state index contributed by atoms with van der Waals surface area (Å²) in [6.45, 7) is 5.66. The molecule has 0 aliphatic carbocycles. The predicted molar refractivity (Wildman–Crippen MR) is 99.7 cm³/mol. The monoisotopic (exact) mass is 343 g/mol. The lowest BCUT2D eigenvalue weighted by Crippen LogP contribution is -2.35. The Balaban J connectivity index is 1.97. The Morgan fingerprint density at radius 3 is 2.00 bits per heavy atom. The number of nitrogens with zero attached hydrogens (tertiary/aromatic N) is 1. The van der Waals surface area contributed by atoms with E-state index in [1.165, 1.54) is 6.42 Å². The van der Waals surface area contributed by atoms with Gasteiger partial charge in [0.05, 0.1) is 10.9 Å². The van der Waals surface area contributed by atoms with Gasteiger partial charge in [-0.1, -0.05) is 55.0 Å². The van der Waals surface area contributed by atoms with Crippen LogP contribution < -0.4 is 5.30 Å². The highest BCUT2D eigenvalue weighted by Gasteiger charge is 2.40. The molecule has 1 aliphatic heterocycles. The lowest BCUT2D eigenvalue weighted by Gasteiger charge is -2.39. The summed E-state index contributed by atoms with van der Waals surface area (Å²) in [6, 6.07) is 19.7. The molecule has 2 aromatic carbocycles. The van der Waals surface area contributed by atoms with E-state index < -0.39 is 13.1 Å². The van der Waals surface area contributed by atoms with Crippen LogP contribution in [0.15, 0.2) is 60.7 Å². The van der Waals surface area contributed by atoms with Crippen molar-refractivity contribution in [1.29, 1.82) is 0 Å². The Labute approximate surface area is 145 Å². The van der Waals surface area contributed by atoms with Crippen LogP contribution in [0, 0.1) is 0 Å². The smallest absolute Gasteiger partial charge is 0.303 e. The molecule has 1 aliphatic rings. The average molecular weight is 343 g/mol. The molecule has 0 spiro atoms. The summed E-state index contributed by atoms with van der Waals surface area (Å²) >= 11 is 0. The van der Waals surface area contributed by atoms with Crippen molar-refractivity contribution in [3.05, 3.63) is 66.2 Å². The molecular formula is C20H26NO2P. The first-order chi connectivity index (χ1) is 11.5. The fourth-order valence-electron chi connectivity index (χ4n) is 3.23. The van der Waals surface area contributed by atoms with Crippen molar-refractivity contribution >= 4 is 12.8 Å². The zero-order valence-corrected chi connectivity index (χ0v) is 15.4. The van der Waals surface area contributed by atoms with Crippen molar-refractivity contribution in [1.82, 2.24) is 4.67 Å². The fraction of sp³-hybridized carbons (Fsp3) is 0.400. The Hall–Kier alpha value is -1.41. The highest BCUT2D eigenvalue weighted by atomic mass is 31.2. The van der Waals surface area contributed by atoms with Crippen molar-refractivity contribution in [3.8, 4) is 0 Å². The van der Waals surface area contributed by atoms with Gasteiger partial charge in [0, 0.05) is 13.1 Å². The molecular weight excluding hydrogens is 317 g/mol.